The molecule has 0 saturated carbocycles. The standard InChI is InChI=1S/C22H11N3O6S/c26-22-16(21-23-17-3-1-2-4-20(17)32-21)9-13-6-5-12(10-19(13)31-22)15-8-7-14(24(27)28)11-18(15)25(29)30/h1-11H. The van der Waals surface area contributed by atoms with E-state index in [0.29, 0.717) is 21.5 Å². The van der Waals surface area contributed by atoms with Crippen LogP contribution >= 0.6 is 11.3 Å². The molecule has 0 amide bonds. The van der Waals surface area contributed by atoms with Crippen molar-refractivity contribution in [1.82, 2.24) is 4.98 Å². The highest BCUT2D eigenvalue weighted by Crippen LogP contribution is 2.35. The summed E-state index contributed by atoms with van der Waals surface area (Å²) < 4.78 is 6.45. The molecule has 0 aliphatic rings. The lowest BCUT2D eigenvalue weighted by Gasteiger charge is -2.05. The highest BCUT2D eigenvalue weighted by Gasteiger charge is 2.21. The van der Waals surface area contributed by atoms with Gasteiger partial charge in [0.2, 0.25) is 0 Å². The van der Waals surface area contributed by atoms with Crippen molar-refractivity contribution in [2.75, 3.05) is 0 Å². The number of hydrogen-bond acceptors (Lipinski definition) is 8. The van der Waals surface area contributed by atoms with Gasteiger partial charge in [-0.15, -0.1) is 11.3 Å². The molecule has 32 heavy (non-hydrogen) atoms. The lowest BCUT2D eigenvalue weighted by atomic mass is 10.0. The molecule has 2 aromatic heterocycles. The van der Waals surface area contributed by atoms with Crippen molar-refractivity contribution in [1.29, 1.82) is 0 Å². The van der Waals surface area contributed by atoms with Gasteiger partial charge in [0.1, 0.15) is 10.6 Å². The lowest BCUT2D eigenvalue weighted by molar-refractivity contribution is -0.393. The maximum absolute atomic E-state index is 12.7. The Hall–Kier alpha value is -4.44. The second-order valence-electron chi connectivity index (χ2n) is 6.90. The lowest BCUT2D eigenvalue weighted by Crippen LogP contribution is -2.02. The van der Waals surface area contributed by atoms with Crippen molar-refractivity contribution >= 4 is 43.9 Å². The summed E-state index contributed by atoms with van der Waals surface area (Å²) >= 11 is 1.38. The Morgan fingerprint density at radius 2 is 1.69 bits per heavy atom. The Morgan fingerprint density at radius 1 is 0.875 bits per heavy atom. The summed E-state index contributed by atoms with van der Waals surface area (Å²) in [6.07, 6.45) is 0. The van der Waals surface area contributed by atoms with Gasteiger partial charge in [0.25, 0.3) is 11.4 Å². The third kappa shape index (κ3) is 3.28. The average molecular weight is 445 g/mol. The van der Waals surface area contributed by atoms with Gasteiger partial charge in [0.15, 0.2) is 0 Å². The average Bonchev–Trinajstić information content (AvgIpc) is 3.21. The molecule has 0 aliphatic heterocycles. The smallest absolute Gasteiger partial charge is 0.346 e. The Bertz CT molecular complexity index is 1590. The molecule has 0 atom stereocenters. The SMILES string of the molecule is O=c1oc2cc(-c3ccc([N+](=O)[O-])cc3[N+](=O)[O-])ccc2cc1-c1nc2ccccc2s1. The van der Waals surface area contributed by atoms with Gasteiger partial charge in [-0.1, -0.05) is 24.3 Å². The summed E-state index contributed by atoms with van der Waals surface area (Å²) in [6, 6.07) is 17.5. The summed E-state index contributed by atoms with van der Waals surface area (Å²) in [4.78, 5) is 38.2. The second kappa shape index (κ2) is 7.36. The minimum Gasteiger partial charge on any atom is -0.422 e. The number of para-hydroxylation sites is 1. The van der Waals surface area contributed by atoms with Gasteiger partial charge in [-0.05, 0) is 35.9 Å². The Morgan fingerprint density at radius 3 is 2.44 bits per heavy atom. The highest BCUT2D eigenvalue weighted by molar-refractivity contribution is 7.21. The fraction of sp³-hybridized carbons (Fsp3) is 0. The van der Waals surface area contributed by atoms with Crippen molar-refractivity contribution in [3.8, 4) is 21.7 Å². The number of benzene rings is 3. The quantitative estimate of drug-likeness (QED) is 0.201. The van der Waals surface area contributed by atoms with E-state index in [1.807, 2.05) is 24.3 Å². The zero-order chi connectivity index (χ0) is 22.4. The molecule has 0 radical (unpaired) electrons. The molecule has 10 heteroatoms. The number of non-ortho nitro benzene ring substituents is 1. The summed E-state index contributed by atoms with van der Waals surface area (Å²) in [7, 11) is 0. The van der Waals surface area contributed by atoms with Gasteiger partial charge in [-0.2, -0.15) is 0 Å². The predicted molar refractivity (Wildman–Crippen MR) is 120 cm³/mol. The Labute approximate surface area is 182 Å². The van der Waals surface area contributed by atoms with Crippen LogP contribution in [0.2, 0.25) is 0 Å². The molecule has 0 spiro atoms. The van der Waals surface area contributed by atoms with E-state index in [4.69, 9.17) is 4.42 Å². The molecule has 0 aliphatic carbocycles. The van der Waals surface area contributed by atoms with Crippen LogP contribution in [-0.4, -0.2) is 14.8 Å². The van der Waals surface area contributed by atoms with E-state index in [1.54, 1.807) is 18.2 Å². The van der Waals surface area contributed by atoms with Crippen LogP contribution in [0.3, 0.4) is 0 Å². The van der Waals surface area contributed by atoms with Crippen molar-refractivity contribution in [2.45, 2.75) is 0 Å². The fourth-order valence-electron chi connectivity index (χ4n) is 3.44. The normalized spacial score (nSPS) is 11.1. The van der Waals surface area contributed by atoms with Crippen molar-refractivity contribution < 1.29 is 14.3 Å². The maximum Gasteiger partial charge on any atom is 0.346 e. The summed E-state index contributed by atoms with van der Waals surface area (Å²) in [5.74, 6) is 0. The summed E-state index contributed by atoms with van der Waals surface area (Å²) in [5.41, 5.74) is 0.563. The first-order chi connectivity index (χ1) is 15.4. The van der Waals surface area contributed by atoms with Crippen LogP contribution in [-0.2, 0) is 0 Å². The fourth-order valence-corrected chi connectivity index (χ4v) is 4.41. The first-order valence-corrected chi connectivity index (χ1v) is 10.1. The molecular formula is C22H11N3O6S. The molecule has 0 fully saturated rings. The third-order valence-corrected chi connectivity index (χ3v) is 6.03. The van der Waals surface area contributed by atoms with E-state index >= 15 is 0 Å². The van der Waals surface area contributed by atoms with Crippen LogP contribution in [0.5, 0.6) is 0 Å². The van der Waals surface area contributed by atoms with E-state index in [2.05, 4.69) is 4.98 Å². The van der Waals surface area contributed by atoms with Gasteiger partial charge in [0.05, 0.1) is 37.3 Å². The molecular weight excluding hydrogens is 434 g/mol. The van der Waals surface area contributed by atoms with Crippen LogP contribution in [0.25, 0.3) is 42.9 Å². The number of hydrogen-bond donors (Lipinski definition) is 0. The van der Waals surface area contributed by atoms with Crippen LogP contribution < -0.4 is 5.63 Å². The highest BCUT2D eigenvalue weighted by atomic mass is 32.1. The minimum absolute atomic E-state index is 0.181. The zero-order valence-corrected chi connectivity index (χ0v) is 16.9. The van der Waals surface area contributed by atoms with Crippen LogP contribution in [0.15, 0.2) is 75.9 Å². The molecule has 2 heterocycles. The maximum atomic E-state index is 12.7. The molecule has 0 N–H and O–H groups in total. The Kier molecular flexibility index (Phi) is 4.49. The number of thiazole rings is 1. The van der Waals surface area contributed by atoms with E-state index in [9.17, 15) is 25.0 Å². The number of nitro benzene ring substituents is 2. The largest absolute Gasteiger partial charge is 0.422 e. The summed E-state index contributed by atoms with van der Waals surface area (Å²) in [5, 5.41) is 23.6. The first-order valence-electron chi connectivity index (χ1n) is 9.28. The number of fused-ring (bicyclic) bond motifs is 2. The monoisotopic (exact) mass is 445 g/mol. The van der Waals surface area contributed by atoms with Gasteiger partial charge in [-0.3, -0.25) is 20.2 Å². The van der Waals surface area contributed by atoms with Gasteiger partial charge < -0.3 is 4.42 Å². The molecule has 9 nitrogen and oxygen atoms in total. The van der Waals surface area contributed by atoms with E-state index in [0.717, 1.165) is 16.3 Å². The van der Waals surface area contributed by atoms with Crippen LogP contribution in [0.4, 0.5) is 11.4 Å². The van der Waals surface area contributed by atoms with Crippen molar-refractivity contribution in [3.05, 3.63) is 97.4 Å². The van der Waals surface area contributed by atoms with Crippen LogP contribution in [0.1, 0.15) is 0 Å². The molecule has 5 aromatic rings. The second-order valence-corrected chi connectivity index (χ2v) is 7.93. The number of aromatic nitrogens is 1. The zero-order valence-electron chi connectivity index (χ0n) is 16.1. The van der Waals surface area contributed by atoms with E-state index in [-0.39, 0.29) is 16.8 Å². The minimum atomic E-state index is -0.695. The number of nitrogens with zero attached hydrogens (tertiary/aromatic N) is 3. The third-order valence-electron chi connectivity index (χ3n) is 4.96. The van der Waals surface area contributed by atoms with E-state index in [1.165, 1.54) is 29.5 Å². The topological polar surface area (TPSA) is 129 Å². The number of nitro groups is 2. The Balaban J connectivity index is 1.63. The molecule has 0 bridgehead atoms. The first kappa shape index (κ1) is 19.5. The van der Waals surface area contributed by atoms with Crippen molar-refractivity contribution in [3.63, 3.8) is 0 Å². The van der Waals surface area contributed by atoms with Crippen molar-refractivity contribution in [2.24, 2.45) is 0 Å². The molecule has 0 unspecified atom stereocenters. The van der Waals surface area contributed by atoms with Gasteiger partial charge >= 0.3 is 5.63 Å². The number of rotatable bonds is 4. The molecule has 5 rings (SSSR count). The molecule has 3 aromatic carbocycles. The van der Waals surface area contributed by atoms with Crippen LogP contribution in [0, 0.1) is 20.2 Å². The van der Waals surface area contributed by atoms with E-state index < -0.39 is 21.2 Å². The van der Waals surface area contributed by atoms with Gasteiger partial charge in [0, 0.05) is 11.5 Å². The van der Waals surface area contributed by atoms with Gasteiger partial charge in [-0.25, -0.2) is 9.78 Å². The summed E-state index contributed by atoms with van der Waals surface area (Å²) in [6.45, 7) is 0. The predicted octanol–water partition coefficient (Wildman–Crippen LogP) is 5.55. The molecule has 156 valence electrons. The molecule has 0 saturated heterocycles.